The lowest BCUT2D eigenvalue weighted by Gasteiger charge is -2.21. The lowest BCUT2D eigenvalue weighted by atomic mass is 9.88. The molecule has 0 unspecified atom stereocenters. The zero-order valence-corrected chi connectivity index (χ0v) is 39.8. The summed E-state index contributed by atoms with van der Waals surface area (Å²) in [5.41, 5.74) is -0.617. The van der Waals surface area contributed by atoms with E-state index in [1.54, 1.807) is 0 Å². The average Bonchev–Trinajstić information content (AvgIpc) is 3.35. The van der Waals surface area contributed by atoms with Gasteiger partial charge in [-0.3, -0.25) is 52.7 Å². The molecule has 0 radical (unpaired) electrons. The van der Waals surface area contributed by atoms with Crippen LogP contribution in [0.4, 0.5) is 17.1 Å². The average molecular weight is 976 g/mol. The molecule has 3 aromatic rings. The lowest BCUT2D eigenvalue weighted by Crippen LogP contribution is -2.23. The van der Waals surface area contributed by atoms with Crippen LogP contribution in [0.25, 0.3) is 0 Å². The third-order valence-corrected chi connectivity index (χ3v) is 10.5. The second-order valence-corrected chi connectivity index (χ2v) is 15.1. The molecule has 4 atom stereocenters. The third kappa shape index (κ3) is 15.3. The zero-order chi connectivity index (χ0) is 52.4. The van der Waals surface area contributed by atoms with Crippen LogP contribution in [0.1, 0.15) is 99.2 Å². The second kappa shape index (κ2) is 26.2. The topological polar surface area (TPSA) is 298 Å². The SMILES string of the molecule is C=C(C)C(=O)Nc1cc(C(=O)Nc2cc([C@H](CC(=O)OC)C(=O)OC)cc([C@H](CC(=O)OC)C(=O)OC)c2)cc(C(=O)Nc2cc([C@H](CC(=O)OC)C(=O)OC)cc([C@H](CC(=O)OC)C(=O)OC)c2)c1. The van der Waals surface area contributed by atoms with Gasteiger partial charge >= 0.3 is 47.8 Å². The van der Waals surface area contributed by atoms with E-state index in [1.165, 1.54) is 55.5 Å². The first-order valence-corrected chi connectivity index (χ1v) is 20.8. The largest absolute Gasteiger partial charge is 0.469 e. The summed E-state index contributed by atoms with van der Waals surface area (Å²) < 4.78 is 38.9. The molecule has 0 aromatic heterocycles. The van der Waals surface area contributed by atoms with Crippen molar-refractivity contribution in [1.29, 1.82) is 0 Å². The van der Waals surface area contributed by atoms with E-state index in [0.29, 0.717) is 0 Å². The molecule has 0 aliphatic heterocycles. The highest BCUT2D eigenvalue weighted by molar-refractivity contribution is 6.11. The quantitative estimate of drug-likeness (QED) is 0.0728. The van der Waals surface area contributed by atoms with Crippen LogP contribution in [0.15, 0.2) is 66.7 Å². The molecule has 374 valence electrons. The highest BCUT2D eigenvalue weighted by atomic mass is 16.6. The van der Waals surface area contributed by atoms with Crippen LogP contribution >= 0.6 is 0 Å². The van der Waals surface area contributed by atoms with E-state index in [2.05, 4.69) is 22.5 Å². The second-order valence-electron chi connectivity index (χ2n) is 15.1. The summed E-state index contributed by atoms with van der Waals surface area (Å²) >= 11 is 0. The highest BCUT2D eigenvalue weighted by Crippen LogP contribution is 2.34. The number of hydrogen-bond acceptors (Lipinski definition) is 19. The molecule has 70 heavy (non-hydrogen) atoms. The van der Waals surface area contributed by atoms with Crippen molar-refractivity contribution in [3.8, 4) is 0 Å². The van der Waals surface area contributed by atoms with Crippen molar-refractivity contribution in [2.45, 2.75) is 56.3 Å². The Balaban J connectivity index is 2.30. The number of esters is 8. The molecule has 3 amide bonds. The van der Waals surface area contributed by atoms with E-state index in [9.17, 15) is 52.7 Å². The standard InChI is InChI=1S/C48H53N3O19/c1-24(2)42(56)49-33-18-29(43(57)50-31-14-25(34(45(59)67-7)20-38(52)63-3)11-26(15-31)35(46(60)68-8)21-39(53)64-4)13-30(19-33)44(58)51-32-16-27(36(47(61)69-9)22-40(54)65-5)12-28(17-32)37(48(62)70-10)23-41(55)66-6/h11-19,34-37H,1,20-23H2,2-10H3,(H,49,56)(H,50,57)(H,51,58)/t34-,35-,36-,37-/m0/s1. The molecule has 22 nitrogen and oxygen atoms in total. The first kappa shape index (κ1) is 55.9. The lowest BCUT2D eigenvalue weighted by molar-refractivity contribution is -0.149. The molecular weight excluding hydrogens is 923 g/mol. The van der Waals surface area contributed by atoms with Gasteiger partial charge in [0, 0.05) is 33.8 Å². The fourth-order valence-electron chi connectivity index (χ4n) is 6.83. The van der Waals surface area contributed by atoms with Gasteiger partial charge in [0.25, 0.3) is 17.7 Å². The fraction of sp³-hybridized carbons (Fsp3) is 0.354. The summed E-state index contributed by atoms with van der Waals surface area (Å²) in [6.07, 6.45) is -2.18. The molecule has 3 aromatic carbocycles. The van der Waals surface area contributed by atoms with Gasteiger partial charge in [-0.2, -0.15) is 0 Å². The normalized spacial score (nSPS) is 12.2. The first-order valence-electron chi connectivity index (χ1n) is 20.8. The number of benzene rings is 3. The van der Waals surface area contributed by atoms with Crippen LogP contribution in [0.2, 0.25) is 0 Å². The number of carbonyl (C=O) groups is 11. The number of carbonyl (C=O) groups excluding carboxylic acids is 11. The Labute approximate surface area is 401 Å². The molecule has 0 spiro atoms. The minimum atomic E-state index is -1.36. The maximum atomic E-state index is 14.3. The van der Waals surface area contributed by atoms with E-state index >= 15 is 0 Å². The van der Waals surface area contributed by atoms with Crippen molar-refractivity contribution in [2.24, 2.45) is 0 Å². The molecule has 0 saturated heterocycles. The van der Waals surface area contributed by atoms with E-state index in [-0.39, 0.29) is 56.0 Å². The predicted octanol–water partition coefficient (Wildman–Crippen LogP) is 3.98. The Morgan fingerprint density at radius 3 is 0.871 bits per heavy atom. The van der Waals surface area contributed by atoms with Gasteiger partial charge in [-0.05, 0) is 71.6 Å². The molecule has 3 rings (SSSR count). The van der Waals surface area contributed by atoms with Crippen molar-refractivity contribution in [2.75, 3.05) is 72.8 Å². The number of amides is 3. The summed E-state index contributed by atoms with van der Waals surface area (Å²) in [5.74, 6) is -14.9. The molecule has 0 saturated carbocycles. The van der Waals surface area contributed by atoms with Gasteiger partial charge in [0.2, 0.25) is 0 Å². The number of anilines is 3. The summed E-state index contributed by atoms with van der Waals surface area (Å²) in [4.78, 5) is 144. The van der Waals surface area contributed by atoms with E-state index in [0.717, 1.165) is 62.9 Å². The molecule has 0 bridgehead atoms. The Morgan fingerprint density at radius 1 is 0.386 bits per heavy atom. The maximum absolute atomic E-state index is 14.3. The predicted molar refractivity (Wildman–Crippen MR) is 244 cm³/mol. The van der Waals surface area contributed by atoms with Gasteiger partial charge in [-0.25, -0.2) is 0 Å². The number of rotatable bonds is 22. The summed E-state index contributed by atoms with van der Waals surface area (Å²) in [6.45, 7) is 5.02. The Morgan fingerprint density at radius 2 is 0.643 bits per heavy atom. The van der Waals surface area contributed by atoms with Crippen LogP contribution in [0, 0.1) is 0 Å². The van der Waals surface area contributed by atoms with Gasteiger partial charge < -0.3 is 53.8 Å². The van der Waals surface area contributed by atoms with Crippen LogP contribution < -0.4 is 16.0 Å². The minimum absolute atomic E-state index is 0.0370. The summed E-state index contributed by atoms with van der Waals surface area (Å²) in [7, 11) is 8.69. The van der Waals surface area contributed by atoms with Crippen LogP contribution in [0.3, 0.4) is 0 Å². The Kier molecular flexibility index (Phi) is 20.9. The van der Waals surface area contributed by atoms with Crippen LogP contribution in [-0.2, 0) is 81.0 Å². The summed E-state index contributed by atoms with van der Waals surface area (Å²) in [5, 5.41) is 7.80. The Hall–Kier alpha value is -8.43. The number of ether oxygens (including phenoxy) is 8. The van der Waals surface area contributed by atoms with E-state index in [1.807, 2.05) is 0 Å². The van der Waals surface area contributed by atoms with Gasteiger partial charge in [-0.1, -0.05) is 18.7 Å². The van der Waals surface area contributed by atoms with Crippen LogP contribution in [0.5, 0.6) is 0 Å². The van der Waals surface area contributed by atoms with Crippen molar-refractivity contribution < 1.29 is 90.6 Å². The monoisotopic (exact) mass is 975 g/mol. The molecular formula is C48H53N3O19. The van der Waals surface area contributed by atoms with Crippen LogP contribution in [-0.4, -0.2) is 122 Å². The van der Waals surface area contributed by atoms with E-state index in [4.69, 9.17) is 37.9 Å². The van der Waals surface area contributed by atoms with Gasteiger partial charge in [0.15, 0.2) is 0 Å². The van der Waals surface area contributed by atoms with Gasteiger partial charge in [0.05, 0.1) is 106 Å². The summed E-state index contributed by atoms with van der Waals surface area (Å²) in [6, 6.07) is 11.4. The van der Waals surface area contributed by atoms with Gasteiger partial charge in [-0.15, -0.1) is 0 Å². The molecule has 0 fully saturated rings. The number of methoxy groups -OCH3 is 8. The molecule has 3 N–H and O–H groups in total. The minimum Gasteiger partial charge on any atom is -0.469 e. The third-order valence-electron chi connectivity index (χ3n) is 10.5. The molecule has 22 heteroatoms. The Bertz CT molecular complexity index is 2280. The van der Waals surface area contributed by atoms with Crippen molar-refractivity contribution >= 4 is 82.5 Å². The van der Waals surface area contributed by atoms with Crippen molar-refractivity contribution in [3.63, 3.8) is 0 Å². The zero-order valence-electron chi connectivity index (χ0n) is 39.8. The maximum Gasteiger partial charge on any atom is 0.313 e. The molecule has 0 aliphatic carbocycles. The number of hydrogen-bond donors (Lipinski definition) is 3. The fourth-order valence-corrected chi connectivity index (χ4v) is 6.83. The van der Waals surface area contributed by atoms with Crippen molar-refractivity contribution in [3.05, 3.63) is 100 Å². The first-order chi connectivity index (χ1) is 33.2. The number of nitrogens with one attached hydrogen (secondary N) is 3. The van der Waals surface area contributed by atoms with Crippen molar-refractivity contribution in [1.82, 2.24) is 0 Å². The van der Waals surface area contributed by atoms with E-state index < -0.39 is 115 Å². The van der Waals surface area contributed by atoms with Gasteiger partial charge in [0.1, 0.15) is 0 Å². The smallest absolute Gasteiger partial charge is 0.313 e. The highest BCUT2D eigenvalue weighted by Gasteiger charge is 2.33. The molecule has 0 heterocycles. The molecule has 0 aliphatic rings.